The Bertz CT molecular complexity index is 799. The number of morpholine rings is 1. The second kappa shape index (κ2) is 10.0. The van der Waals surface area contributed by atoms with Crippen LogP contribution in [0.15, 0.2) is 48.5 Å². The van der Waals surface area contributed by atoms with E-state index in [1.54, 1.807) is 0 Å². The van der Waals surface area contributed by atoms with Crippen molar-refractivity contribution in [1.82, 2.24) is 4.90 Å². The Morgan fingerprint density at radius 3 is 2.50 bits per heavy atom. The fraction of sp³-hybridized carbons (Fsp3) is 0.409. The largest absolute Gasteiger partial charge is 0.361 e. The predicted octanol–water partition coefficient (Wildman–Crippen LogP) is 6.17. The zero-order chi connectivity index (χ0) is 20.1. The van der Waals surface area contributed by atoms with Gasteiger partial charge in [0.05, 0.1) is 6.04 Å². The van der Waals surface area contributed by atoms with Crippen molar-refractivity contribution < 1.29 is 9.53 Å². The molecule has 3 atom stereocenters. The van der Waals surface area contributed by atoms with E-state index in [0.717, 1.165) is 29.1 Å². The third kappa shape index (κ3) is 4.85. The molecule has 3 rings (SSSR count). The molecule has 3 nitrogen and oxygen atoms in total. The van der Waals surface area contributed by atoms with Crippen molar-refractivity contribution in [3.8, 4) is 0 Å². The molecule has 0 bridgehead atoms. The van der Waals surface area contributed by atoms with Crippen molar-refractivity contribution in [2.45, 2.75) is 38.5 Å². The summed E-state index contributed by atoms with van der Waals surface area (Å²) in [5, 5.41) is 1.33. The highest BCUT2D eigenvalue weighted by atomic mass is 35.5. The summed E-state index contributed by atoms with van der Waals surface area (Å²) >= 11 is 14.2. The molecule has 1 saturated heterocycles. The van der Waals surface area contributed by atoms with Gasteiger partial charge in [0, 0.05) is 21.8 Å². The van der Waals surface area contributed by atoms with Crippen LogP contribution in [0, 0.1) is 0 Å². The minimum Gasteiger partial charge on any atom is -0.361 e. The van der Waals surface area contributed by atoms with E-state index in [9.17, 15) is 4.79 Å². The molecule has 1 fully saturated rings. The molecule has 2 aromatic carbocycles. The molecule has 1 heterocycles. The Hall–Kier alpha value is -1.20. The summed E-state index contributed by atoms with van der Waals surface area (Å²) in [7, 11) is 0. The van der Waals surface area contributed by atoms with Crippen LogP contribution in [0.4, 0.5) is 0 Å². The maximum absolute atomic E-state index is 13.0. The highest BCUT2D eigenvalue weighted by Crippen LogP contribution is 2.42. The number of nitrogens with zero attached hydrogens (tertiary/aromatic N) is 1. The third-order valence-corrected chi connectivity index (χ3v) is 6.54. The molecule has 1 aliphatic heterocycles. The van der Waals surface area contributed by atoms with Crippen molar-refractivity contribution in [1.29, 1.82) is 0 Å². The number of rotatable bonds is 7. The average molecular weight is 438 g/mol. The molecule has 0 radical (unpaired) electrons. The van der Waals surface area contributed by atoms with Crippen LogP contribution < -0.4 is 0 Å². The van der Waals surface area contributed by atoms with Gasteiger partial charge >= 0.3 is 0 Å². The van der Waals surface area contributed by atoms with Crippen LogP contribution >= 0.6 is 35.0 Å². The van der Waals surface area contributed by atoms with Gasteiger partial charge in [-0.15, -0.1) is 0 Å². The highest BCUT2D eigenvalue weighted by molar-refractivity contribution is 7.99. The van der Waals surface area contributed by atoms with Gasteiger partial charge in [-0.25, -0.2) is 0 Å². The van der Waals surface area contributed by atoms with Crippen LogP contribution in [-0.4, -0.2) is 35.0 Å². The number of carbonyl (C=O) groups excluding carboxylic acids is 1. The number of hydrogen-bond donors (Lipinski definition) is 0. The Morgan fingerprint density at radius 1 is 1.11 bits per heavy atom. The van der Waals surface area contributed by atoms with Gasteiger partial charge in [0.15, 0.2) is 0 Å². The molecule has 6 heteroatoms. The first-order valence-corrected chi connectivity index (χ1v) is 11.5. The van der Waals surface area contributed by atoms with Gasteiger partial charge in [-0.2, -0.15) is 11.8 Å². The van der Waals surface area contributed by atoms with E-state index in [2.05, 4.69) is 13.8 Å². The molecular weight excluding hydrogens is 413 g/mol. The molecule has 1 unspecified atom stereocenters. The molecule has 150 valence electrons. The molecule has 0 N–H and O–H groups in total. The Balaban J connectivity index is 2.06. The lowest BCUT2D eigenvalue weighted by Crippen LogP contribution is -2.51. The fourth-order valence-electron chi connectivity index (χ4n) is 3.66. The number of thioether (sulfide) groups is 1. The zero-order valence-electron chi connectivity index (χ0n) is 16.1. The quantitative estimate of drug-likeness (QED) is 0.518. The lowest BCUT2D eigenvalue weighted by molar-refractivity contribution is -0.162. The van der Waals surface area contributed by atoms with Gasteiger partial charge < -0.3 is 9.64 Å². The van der Waals surface area contributed by atoms with E-state index in [0.29, 0.717) is 10.0 Å². The topological polar surface area (TPSA) is 29.5 Å². The summed E-state index contributed by atoms with van der Waals surface area (Å²) < 4.78 is 6.07. The normalized spacial score (nSPS) is 21.0. The standard InChI is InChI=1S/C22H25Cl2NO2S/c1-3-19(14-28-4-2)25-20(26)13-27-22(16-6-5-7-18(24)12-16)21(25)15-8-10-17(23)11-9-15/h5-12,19,21-22H,3-4,13-14H2,1-2H3/t19?,21-,22-/m1/s1. The van der Waals surface area contributed by atoms with Crippen LogP contribution in [0.1, 0.15) is 43.5 Å². The summed E-state index contributed by atoms with van der Waals surface area (Å²) in [5.74, 6) is 1.96. The molecule has 2 aromatic rings. The van der Waals surface area contributed by atoms with Gasteiger partial charge in [0.2, 0.25) is 5.91 Å². The van der Waals surface area contributed by atoms with E-state index in [1.807, 2.05) is 65.2 Å². The number of ether oxygens (including phenoxy) is 1. The Morgan fingerprint density at radius 2 is 1.86 bits per heavy atom. The Labute approximate surface area is 181 Å². The maximum atomic E-state index is 13.0. The third-order valence-electron chi connectivity index (χ3n) is 5.03. The molecule has 28 heavy (non-hydrogen) atoms. The summed E-state index contributed by atoms with van der Waals surface area (Å²) in [6, 6.07) is 15.3. The van der Waals surface area contributed by atoms with Gasteiger partial charge in [-0.05, 0) is 47.6 Å². The van der Waals surface area contributed by atoms with Crippen molar-refractivity contribution >= 4 is 40.9 Å². The first-order chi connectivity index (χ1) is 13.5. The molecule has 0 aromatic heterocycles. The first kappa shape index (κ1) is 21.5. The van der Waals surface area contributed by atoms with Crippen LogP contribution in [0.25, 0.3) is 0 Å². The number of amides is 1. The smallest absolute Gasteiger partial charge is 0.249 e. The predicted molar refractivity (Wildman–Crippen MR) is 118 cm³/mol. The van der Waals surface area contributed by atoms with Crippen LogP contribution in [0.2, 0.25) is 10.0 Å². The maximum Gasteiger partial charge on any atom is 0.249 e. The fourth-order valence-corrected chi connectivity index (χ4v) is 4.89. The number of halogens is 2. The second-order valence-electron chi connectivity index (χ2n) is 6.81. The molecule has 1 aliphatic rings. The van der Waals surface area contributed by atoms with Gasteiger partial charge in [-0.1, -0.05) is 61.3 Å². The van der Waals surface area contributed by atoms with Crippen LogP contribution in [0.5, 0.6) is 0 Å². The number of carbonyl (C=O) groups is 1. The first-order valence-electron chi connectivity index (χ1n) is 9.56. The van der Waals surface area contributed by atoms with E-state index in [-0.39, 0.29) is 30.7 Å². The molecule has 0 saturated carbocycles. The number of benzene rings is 2. The molecular formula is C22H25Cl2NO2S. The lowest BCUT2D eigenvalue weighted by Gasteiger charge is -2.45. The van der Waals surface area contributed by atoms with Crippen molar-refractivity contribution in [2.24, 2.45) is 0 Å². The monoisotopic (exact) mass is 437 g/mol. The van der Waals surface area contributed by atoms with Crippen LogP contribution in [-0.2, 0) is 9.53 Å². The highest BCUT2D eigenvalue weighted by Gasteiger charge is 2.41. The van der Waals surface area contributed by atoms with E-state index in [4.69, 9.17) is 27.9 Å². The lowest BCUT2D eigenvalue weighted by atomic mass is 9.91. The molecule has 0 spiro atoms. The van der Waals surface area contributed by atoms with Gasteiger partial charge in [-0.3, -0.25) is 4.79 Å². The zero-order valence-corrected chi connectivity index (χ0v) is 18.4. The summed E-state index contributed by atoms with van der Waals surface area (Å²) in [5.41, 5.74) is 1.99. The van der Waals surface area contributed by atoms with Gasteiger partial charge in [0.1, 0.15) is 12.7 Å². The van der Waals surface area contributed by atoms with Gasteiger partial charge in [0.25, 0.3) is 0 Å². The van der Waals surface area contributed by atoms with Crippen molar-refractivity contribution in [3.05, 3.63) is 69.7 Å². The molecule has 1 amide bonds. The van der Waals surface area contributed by atoms with E-state index >= 15 is 0 Å². The number of hydrogen-bond acceptors (Lipinski definition) is 3. The van der Waals surface area contributed by atoms with Crippen molar-refractivity contribution in [2.75, 3.05) is 18.1 Å². The summed E-state index contributed by atoms with van der Waals surface area (Å²) in [6.07, 6.45) is 0.615. The SMILES string of the molecule is CCSCC(CC)N1C(=O)CO[C@H](c2cccc(Cl)c2)[C@H]1c1ccc(Cl)cc1. The summed E-state index contributed by atoms with van der Waals surface area (Å²) in [6.45, 7) is 4.36. The Kier molecular flexibility index (Phi) is 7.69. The second-order valence-corrected chi connectivity index (χ2v) is 9.00. The van der Waals surface area contributed by atoms with E-state index in [1.165, 1.54) is 0 Å². The van der Waals surface area contributed by atoms with E-state index < -0.39 is 0 Å². The van der Waals surface area contributed by atoms with Crippen LogP contribution in [0.3, 0.4) is 0 Å². The average Bonchev–Trinajstić information content (AvgIpc) is 2.70. The minimum atomic E-state index is -0.279. The minimum absolute atomic E-state index is 0.0294. The summed E-state index contributed by atoms with van der Waals surface area (Å²) in [4.78, 5) is 15.0. The van der Waals surface area contributed by atoms with Crippen molar-refractivity contribution in [3.63, 3.8) is 0 Å². The molecule has 0 aliphatic carbocycles.